The third-order valence-electron chi connectivity index (χ3n) is 3.06. The van der Waals surface area contributed by atoms with Gasteiger partial charge in [-0.2, -0.15) is 0 Å². The Morgan fingerprint density at radius 3 is 2.12 bits per heavy atom. The van der Waals surface area contributed by atoms with Gasteiger partial charge in [0.1, 0.15) is 0 Å². The van der Waals surface area contributed by atoms with Gasteiger partial charge < -0.3 is 9.47 Å². The van der Waals surface area contributed by atoms with Gasteiger partial charge in [0, 0.05) is 0 Å². The minimum atomic E-state index is 0.776. The van der Waals surface area contributed by atoms with E-state index < -0.39 is 0 Å². The molecule has 16 heavy (non-hydrogen) atoms. The van der Waals surface area contributed by atoms with E-state index in [0.717, 1.165) is 11.5 Å². The summed E-state index contributed by atoms with van der Waals surface area (Å²) in [4.78, 5) is 0. The van der Waals surface area contributed by atoms with Crippen molar-refractivity contribution in [1.29, 1.82) is 0 Å². The number of fused-ring (bicyclic) bond motifs is 1. The van der Waals surface area contributed by atoms with Crippen LogP contribution in [-0.4, -0.2) is 14.2 Å². The highest BCUT2D eigenvalue weighted by atomic mass is 16.5. The molecule has 0 N–H and O–H groups in total. The molecule has 0 aliphatic heterocycles. The summed E-state index contributed by atoms with van der Waals surface area (Å²) in [6, 6.07) is 8.29. The molecule has 2 rings (SSSR count). The van der Waals surface area contributed by atoms with Crippen LogP contribution in [0.15, 0.2) is 24.3 Å². The molecule has 0 unspecified atom stereocenters. The molecule has 0 spiro atoms. The minimum Gasteiger partial charge on any atom is -0.493 e. The smallest absolute Gasteiger partial charge is 0.161 e. The van der Waals surface area contributed by atoms with E-state index in [2.05, 4.69) is 26.0 Å². The van der Waals surface area contributed by atoms with Gasteiger partial charge in [-0.05, 0) is 47.9 Å². The zero-order valence-corrected chi connectivity index (χ0v) is 10.1. The molecular weight excluding hydrogens is 200 g/mol. The van der Waals surface area contributed by atoms with E-state index in [4.69, 9.17) is 9.47 Å². The first-order valence-corrected chi connectivity index (χ1v) is 5.29. The zero-order chi connectivity index (χ0) is 11.7. The van der Waals surface area contributed by atoms with Crippen LogP contribution in [0, 0.1) is 13.8 Å². The summed E-state index contributed by atoms with van der Waals surface area (Å²) in [6.45, 7) is 4.25. The Morgan fingerprint density at radius 2 is 1.50 bits per heavy atom. The van der Waals surface area contributed by atoms with Crippen LogP contribution in [0.2, 0.25) is 0 Å². The third-order valence-corrected chi connectivity index (χ3v) is 3.06. The van der Waals surface area contributed by atoms with Crippen LogP contribution in [0.3, 0.4) is 0 Å². The first-order valence-electron chi connectivity index (χ1n) is 5.29. The Bertz CT molecular complexity index is 530. The molecule has 2 nitrogen and oxygen atoms in total. The topological polar surface area (TPSA) is 18.5 Å². The predicted octanol–water partition coefficient (Wildman–Crippen LogP) is 3.47. The average molecular weight is 216 g/mol. The molecule has 0 saturated carbocycles. The van der Waals surface area contributed by atoms with E-state index in [9.17, 15) is 0 Å². The molecule has 0 heterocycles. The van der Waals surface area contributed by atoms with Gasteiger partial charge in [-0.25, -0.2) is 0 Å². The second-order valence-corrected chi connectivity index (χ2v) is 3.94. The van der Waals surface area contributed by atoms with Crippen LogP contribution < -0.4 is 9.47 Å². The van der Waals surface area contributed by atoms with E-state index in [-0.39, 0.29) is 0 Å². The monoisotopic (exact) mass is 216 g/mol. The van der Waals surface area contributed by atoms with Gasteiger partial charge in [0.15, 0.2) is 11.5 Å². The molecule has 2 aromatic carbocycles. The van der Waals surface area contributed by atoms with E-state index in [1.54, 1.807) is 14.2 Å². The van der Waals surface area contributed by atoms with Gasteiger partial charge >= 0.3 is 0 Å². The first kappa shape index (κ1) is 10.8. The maximum atomic E-state index is 5.31. The van der Waals surface area contributed by atoms with Gasteiger partial charge in [0.25, 0.3) is 0 Å². The molecule has 0 saturated heterocycles. The van der Waals surface area contributed by atoms with Crippen molar-refractivity contribution in [2.24, 2.45) is 0 Å². The predicted molar refractivity (Wildman–Crippen MR) is 66.5 cm³/mol. The molecular formula is C14H16O2. The first-order chi connectivity index (χ1) is 7.67. The number of hydrogen-bond donors (Lipinski definition) is 0. The maximum absolute atomic E-state index is 5.31. The van der Waals surface area contributed by atoms with Crippen molar-refractivity contribution in [1.82, 2.24) is 0 Å². The Labute approximate surface area is 95.8 Å². The summed E-state index contributed by atoms with van der Waals surface area (Å²) in [5, 5.41) is 2.40. The second-order valence-electron chi connectivity index (χ2n) is 3.94. The van der Waals surface area contributed by atoms with Crippen LogP contribution in [0.4, 0.5) is 0 Å². The normalized spacial score (nSPS) is 10.5. The van der Waals surface area contributed by atoms with Crippen LogP contribution in [0.1, 0.15) is 11.1 Å². The minimum absolute atomic E-state index is 0.776. The summed E-state index contributed by atoms with van der Waals surface area (Å²) in [6.07, 6.45) is 0. The summed E-state index contributed by atoms with van der Waals surface area (Å²) in [7, 11) is 3.32. The maximum Gasteiger partial charge on any atom is 0.161 e. The molecule has 0 atom stereocenters. The van der Waals surface area contributed by atoms with Gasteiger partial charge in [0.2, 0.25) is 0 Å². The molecule has 84 valence electrons. The summed E-state index contributed by atoms with van der Waals surface area (Å²) in [5.74, 6) is 1.56. The highest BCUT2D eigenvalue weighted by Gasteiger charge is 2.08. The fourth-order valence-corrected chi connectivity index (χ4v) is 1.91. The van der Waals surface area contributed by atoms with E-state index >= 15 is 0 Å². The Morgan fingerprint density at radius 1 is 0.875 bits per heavy atom. The molecule has 0 aromatic heterocycles. The molecule has 0 amide bonds. The molecule has 0 fully saturated rings. The van der Waals surface area contributed by atoms with Gasteiger partial charge in [-0.1, -0.05) is 12.1 Å². The van der Waals surface area contributed by atoms with Crippen LogP contribution >= 0.6 is 0 Å². The largest absolute Gasteiger partial charge is 0.493 e. The number of benzene rings is 2. The molecule has 2 heteroatoms. The van der Waals surface area contributed by atoms with Crippen molar-refractivity contribution < 1.29 is 9.47 Å². The number of ether oxygens (including phenoxy) is 2. The lowest BCUT2D eigenvalue weighted by Crippen LogP contribution is -1.92. The highest BCUT2D eigenvalue weighted by molar-refractivity contribution is 5.89. The standard InChI is InChI=1S/C14H16O2/c1-9-5-6-11-7-13(15-3)14(16-4)8-12(11)10(9)2/h5-8H,1-4H3. The van der Waals surface area contributed by atoms with E-state index in [1.807, 2.05) is 12.1 Å². The van der Waals surface area contributed by atoms with Gasteiger partial charge in [-0.3, -0.25) is 0 Å². The summed E-state index contributed by atoms with van der Waals surface area (Å²) in [5.41, 5.74) is 2.58. The SMILES string of the molecule is COc1cc2ccc(C)c(C)c2cc1OC. The molecule has 0 aliphatic carbocycles. The van der Waals surface area contributed by atoms with Crippen LogP contribution in [0.5, 0.6) is 11.5 Å². The Hall–Kier alpha value is -1.70. The number of rotatable bonds is 2. The lowest BCUT2D eigenvalue weighted by Gasteiger charge is -2.11. The van der Waals surface area contributed by atoms with Crippen molar-refractivity contribution >= 4 is 10.8 Å². The van der Waals surface area contributed by atoms with E-state index in [1.165, 1.54) is 21.9 Å². The average Bonchev–Trinajstić information content (AvgIpc) is 2.32. The summed E-state index contributed by atoms with van der Waals surface area (Å²) < 4.78 is 10.6. The van der Waals surface area contributed by atoms with Crippen molar-refractivity contribution in [3.8, 4) is 11.5 Å². The van der Waals surface area contributed by atoms with Crippen molar-refractivity contribution in [3.05, 3.63) is 35.4 Å². The Balaban J connectivity index is 2.78. The molecule has 0 radical (unpaired) electrons. The van der Waals surface area contributed by atoms with Crippen LogP contribution in [0.25, 0.3) is 10.8 Å². The number of hydrogen-bond acceptors (Lipinski definition) is 2. The third kappa shape index (κ3) is 1.60. The number of methoxy groups -OCH3 is 2. The highest BCUT2D eigenvalue weighted by Crippen LogP contribution is 2.34. The molecule has 2 aromatic rings. The van der Waals surface area contributed by atoms with Crippen molar-refractivity contribution in [2.75, 3.05) is 14.2 Å². The lowest BCUT2D eigenvalue weighted by atomic mass is 10.0. The fraction of sp³-hybridized carbons (Fsp3) is 0.286. The second kappa shape index (κ2) is 4.05. The zero-order valence-electron chi connectivity index (χ0n) is 10.1. The van der Waals surface area contributed by atoms with E-state index in [0.29, 0.717) is 0 Å². The Kier molecular flexibility index (Phi) is 2.73. The molecule has 0 aliphatic rings. The fourth-order valence-electron chi connectivity index (χ4n) is 1.91. The molecule has 0 bridgehead atoms. The van der Waals surface area contributed by atoms with Crippen molar-refractivity contribution in [2.45, 2.75) is 13.8 Å². The summed E-state index contributed by atoms with van der Waals surface area (Å²) >= 11 is 0. The van der Waals surface area contributed by atoms with Gasteiger partial charge in [-0.15, -0.1) is 0 Å². The number of aryl methyl sites for hydroxylation is 2. The van der Waals surface area contributed by atoms with Crippen molar-refractivity contribution in [3.63, 3.8) is 0 Å². The van der Waals surface area contributed by atoms with Crippen LogP contribution in [-0.2, 0) is 0 Å². The van der Waals surface area contributed by atoms with Gasteiger partial charge in [0.05, 0.1) is 14.2 Å². The quantitative estimate of drug-likeness (QED) is 0.765. The lowest BCUT2D eigenvalue weighted by molar-refractivity contribution is 0.356.